The maximum absolute atomic E-state index is 5.85. The Bertz CT molecular complexity index is 133. The van der Waals surface area contributed by atoms with Gasteiger partial charge in [0.05, 0.1) is 6.61 Å². The fourth-order valence-corrected chi connectivity index (χ4v) is 1.47. The molecule has 1 atom stereocenters. The summed E-state index contributed by atoms with van der Waals surface area (Å²) in [5.74, 6) is 0. The van der Waals surface area contributed by atoms with E-state index in [0.29, 0.717) is 0 Å². The van der Waals surface area contributed by atoms with Crippen molar-refractivity contribution in [3.05, 3.63) is 0 Å². The highest BCUT2D eigenvalue weighted by Crippen LogP contribution is 2.18. The van der Waals surface area contributed by atoms with Crippen LogP contribution in [0.4, 0.5) is 0 Å². The van der Waals surface area contributed by atoms with E-state index in [0.717, 1.165) is 19.7 Å². The summed E-state index contributed by atoms with van der Waals surface area (Å²) in [6, 6.07) is 0. The zero-order valence-electron chi connectivity index (χ0n) is 7.43. The molecule has 0 radical (unpaired) electrons. The van der Waals surface area contributed by atoms with Gasteiger partial charge in [-0.3, -0.25) is 4.90 Å². The molecule has 2 nitrogen and oxygen atoms in total. The molecule has 0 spiro atoms. The largest absolute Gasteiger partial charge is 0.360 e. The molecule has 0 amide bonds. The highest BCUT2D eigenvalue weighted by molar-refractivity contribution is 6.19. The van der Waals surface area contributed by atoms with Gasteiger partial charge in [-0.05, 0) is 20.8 Å². The van der Waals surface area contributed by atoms with Gasteiger partial charge >= 0.3 is 0 Å². The molecular weight excluding hydrogens is 162 g/mol. The Morgan fingerprint density at radius 1 is 1.45 bits per heavy atom. The van der Waals surface area contributed by atoms with Gasteiger partial charge in [0, 0.05) is 18.6 Å². The minimum atomic E-state index is -0.122. The Labute approximate surface area is 73.5 Å². The minimum Gasteiger partial charge on any atom is -0.360 e. The predicted molar refractivity (Wildman–Crippen MR) is 46.9 cm³/mol. The number of hydrogen-bond donors (Lipinski definition) is 0. The van der Waals surface area contributed by atoms with E-state index in [1.54, 1.807) is 0 Å². The molecule has 3 heteroatoms. The number of ether oxygens (including phenoxy) is 1. The number of morpholine rings is 1. The molecule has 1 unspecified atom stereocenters. The molecule has 0 bridgehead atoms. The van der Waals surface area contributed by atoms with E-state index in [-0.39, 0.29) is 11.1 Å². The van der Waals surface area contributed by atoms with Crippen molar-refractivity contribution in [2.75, 3.05) is 19.7 Å². The monoisotopic (exact) mass is 177 g/mol. The number of nitrogens with zero attached hydrogens (tertiary/aromatic N) is 1. The smallest absolute Gasteiger partial charge is 0.143 e. The maximum atomic E-state index is 5.85. The zero-order valence-corrected chi connectivity index (χ0v) is 8.19. The summed E-state index contributed by atoms with van der Waals surface area (Å²) in [7, 11) is 0. The van der Waals surface area contributed by atoms with Crippen molar-refractivity contribution in [3.63, 3.8) is 0 Å². The van der Waals surface area contributed by atoms with Crippen molar-refractivity contribution in [2.24, 2.45) is 0 Å². The molecule has 1 aliphatic rings. The molecule has 0 aromatic carbocycles. The van der Waals surface area contributed by atoms with Gasteiger partial charge < -0.3 is 4.74 Å². The second-order valence-electron chi connectivity index (χ2n) is 3.90. The molecular formula is C8H16ClNO. The van der Waals surface area contributed by atoms with Crippen LogP contribution in [-0.2, 0) is 4.74 Å². The third kappa shape index (κ3) is 2.62. The molecule has 0 aliphatic carbocycles. The Morgan fingerprint density at radius 3 is 2.45 bits per heavy atom. The van der Waals surface area contributed by atoms with Crippen molar-refractivity contribution in [1.82, 2.24) is 4.90 Å². The van der Waals surface area contributed by atoms with E-state index >= 15 is 0 Å². The average Bonchev–Trinajstić information content (AvgIpc) is 1.86. The fourth-order valence-electron chi connectivity index (χ4n) is 1.22. The van der Waals surface area contributed by atoms with Crippen molar-refractivity contribution in [2.45, 2.75) is 31.9 Å². The number of rotatable bonds is 0. The second kappa shape index (κ2) is 3.30. The molecule has 11 heavy (non-hydrogen) atoms. The summed E-state index contributed by atoms with van der Waals surface area (Å²) in [4.78, 5) is 2.34. The zero-order chi connectivity index (χ0) is 8.48. The molecule has 0 N–H and O–H groups in total. The van der Waals surface area contributed by atoms with Crippen LogP contribution >= 0.6 is 11.6 Å². The maximum Gasteiger partial charge on any atom is 0.143 e. The van der Waals surface area contributed by atoms with Crippen molar-refractivity contribution >= 4 is 11.6 Å². The minimum absolute atomic E-state index is 0.122. The Hall–Kier alpha value is 0.210. The molecule has 0 aromatic heterocycles. The van der Waals surface area contributed by atoms with Gasteiger partial charge in [-0.25, -0.2) is 0 Å². The highest BCUT2D eigenvalue weighted by Gasteiger charge is 2.26. The lowest BCUT2D eigenvalue weighted by Gasteiger charge is -2.39. The van der Waals surface area contributed by atoms with Gasteiger partial charge in [0.15, 0.2) is 0 Å². The Balaban J connectivity index is 2.46. The predicted octanol–water partition coefficient (Wildman–Crippen LogP) is 1.68. The van der Waals surface area contributed by atoms with Crippen LogP contribution in [0.25, 0.3) is 0 Å². The van der Waals surface area contributed by atoms with Gasteiger partial charge in [0.25, 0.3) is 0 Å². The molecule has 66 valence electrons. The summed E-state index contributed by atoms with van der Waals surface area (Å²) in [5.41, 5.74) is 0.0969. The van der Waals surface area contributed by atoms with E-state index in [1.165, 1.54) is 0 Å². The van der Waals surface area contributed by atoms with Gasteiger partial charge in [0.1, 0.15) is 5.56 Å². The van der Waals surface area contributed by atoms with E-state index < -0.39 is 0 Å². The first-order valence-electron chi connectivity index (χ1n) is 4.01. The first-order chi connectivity index (χ1) is 5.00. The van der Waals surface area contributed by atoms with Gasteiger partial charge in [-0.2, -0.15) is 0 Å². The molecule has 1 aliphatic heterocycles. The molecule has 1 rings (SSSR count). The van der Waals surface area contributed by atoms with Crippen molar-refractivity contribution in [3.8, 4) is 0 Å². The number of alkyl halides is 1. The Morgan fingerprint density at radius 2 is 2.09 bits per heavy atom. The van der Waals surface area contributed by atoms with Crippen LogP contribution in [0.2, 0.25) is 0 Å². The standard InChI is InChI=1S/C8H16ClNO/c1-8(2,3)10-4-5-11-7(9)6-10/h7H,4-6H2,1-3H3. The molecule has 0 aromatic rings. The summed E-state index contributed by atoms with van der Waals surface area (Å²) < 4.78 is 5.23. The van der Waals surface area contributed by atoms with E-state index in [2.05, 4.69) is 25.7 Å². The molecule has 1 heterocycles. The van der Waals surface area contributed by atoms with E-state index in [4.69, 9.17) is 16.3 Å². The third-order valence-electron chi connectivity index (χ3n) is 1.97. The van der Waals surface area contributed by atoms with Crippen LogP contribution in [0.3, 0.4) is 0 Å². The van der Waals surface area contributed by atoms with Gasteiger partial charge in [-0.1, -0.05) is 11.6 Å². The average molecular weight is 178 g/mol. The Kier molecular flexibility index (Phi) is 2.79. The van der Waals surface area contributed by atoms with Crippen molar-refractivity contribution in [1.29, 1.82) is 0 Å². The first kappa shape index (κ1) is 9.30. The fraction of sp³-hybridized carbons (Fsp3) is 1.00. The number of hydrogen-bond acceptors (Lipinski definition) is 2. The first-order valence-corrected chi connectivity index (χ1v) is 4.44. The summed E-state index contributed by atoms with van der Waals surface area (Å²) in [5, 5.41) is 0. The van der Waals surface area contributed by atoms with Crippen LogP contribution in [0.5, 0.6) is 0 Å². The third-order valence-corrected chi connectivity index (χ3v) is 2.24. The quantitative estimate of drug-likeness (QED) is 0.522. The van der Waals surface area contributed by atoms with E-state index in [9.17, 15) is 0 Å². The second-order valence-corrected chi connectivity index (χ2v) is 4.38. The van der Waals surface area contributed by atoms with Gasteiger partial charge in [0.2, 0.25) is 0 Å². The van der Waals surface area contributed by atoms with Crippen molar-refractivity contribution < 1.29 is 4.74 Å². The van der Waals surface area contributed by atoms with Crippen LogP contribution in [0, 0.1) is 0 Å². The van der Waals surface area contributed by atoms with Crippen LogP contribution in [-0.4, -0.2) is 35.7 Å². The lowest BCUT2D eigenvalue weighted by Crippen LogP contribution is -2.50. The number of halogens is 1. The van der Waals surface area contributed by atoms with Gasteiger partial charge in [-0.15, -0.1) is 0 Å². The topological polar surface area (TPSA) is 12.5 Å². The molecule has 1 fully saturated rings. The lowest BCUT2D eigenvalue weighted by atomic mass is 10.1. The van der Waals surface area contributed by atoms with Crippen LogP contribution in [0.1, 0.15) is 20.8 Å². The van der Waals surface area contributed by atoms with E-state index in [1.807, 2.05) is 0 Å². The lowest BCUT2D eigenvalue weighted by molar-refractivity contribution is -0.0230. The van der Waals surface area contributed by atoms with Crippen LogP contribution in [0.15, 0.2) is 0 Å². The SMILES string of the molecule is CC(C)(C)N1CCOC(Cl)C1. The van der Waals surface area contributed by atoms with Crippen LogP contribution < -0.4 is 0 Å². The summed E-state index contributed by atoms with van der Waals surface area (Å²) in [6.07, 6.45) is 0. The highest BCUT2D eigenvalue weighted by atomic mass is 35.5. The summed E-state index contributed by atoms with van der Waals surface area (Å²) >= 11 is 5.85. The molecule has 1 saturated heterocycles. The normalized spacial score (nSPS) is 28.9. The molecule has 0 saturated carbocycles. The summed E-state index contributed by atoms with van der Waals surface area (Å²) in [6.45, 7) is 9.18.